The lowest BCUT2D eigenvalue weighted by molar-refractivity contribution is 1.42. The van der Waals surface area contributed by atoms with Gasteiger partial charge < -0.3 is 0 Å². The molecule has 0 aliphatic rings. The van der Waals surface area contributed by atoms with Crippen molar-refractivity contribution in [2.45, 2.75) is 20.8 Å². The molecule has 19 heavy (non-hydrogen) atoms. The lowest BCUT2D eigenvalue weighted by atomic mass is 10.0. The molecule has 2 aromatic rings. The van der Waals surface area contributed by atoms with Crippen molar-refractivity contribution in [3.05, 3.63) is 70.3 Å². The van der Waals surface area contributed by atoms with Crippen LogP contribution in [-0.4, -0.2) is 0 Å². The van der Waals surface area contributed by atoms with Gasteiger partial charge in [0.25, 0.3) is 0 Å². The van der Waals surface area contributed by atoms with Gasteiger partial charge in [-0.25, -0.2) is 0 Å². The molecule has 0 saturated heterocycles. The molecule has 0 unspecified atom stereocenters. The van der Waals surface area contributed by atoms with Crippen LogP contribution in [0, 0.1) is 37.5 Å². The molecule has 0 aliphatic carbocycles. The van der Waals surface area contributed by atoms with Crippen LogP contribution in [-0.2, 0) is 0 Å². The molecule has 0 atom stereocenters. The first-order chi connectivity index (χ1) is 9.19. The second kappa shape index (κ2) is 5.94. The highest BCUT2D eigenvalue weighted by atomic mass is 14.0. The predicted molar refractivity (Wildman–Crippen MR) is 80.9 cm³/mol. The predicted octanol–water partition coefficient (Wildman–Crippen LogP) is 4.07. The standard InChI is InChI=1S/C19H16/c1-4-6-17-9-11-19(16(3)14-17)12-10-18-8-5-7-15(2)13-18/h5,7-9,11,13-14H,1-3H3. The van der Waals surface area contributed by atoms with E-state index >= 15 is 0 Å². The SMILES string of the molecule is CC#Cc1ccc(C#Cc2cccc(C)c2)c(C)c1. The minimum atomic E-state index is 1.04. The zero-order valence-electron chi connectivity index (χ0n) is 11.5. The molecular weight excluding hydrogens is 228 g/mol. The van der Waals surface area contributed by atoms with Gasteiger partial charge in [-0.3, -0.25) is 0 Å². The summed E-state index contributed by atoms with van der Waals surface area (Å²) in [5.41, 5.74) is 5.55. The van der Waals surface area contributed by atoms with Crippen molar-refractivity contribution in [1.82, 2.24) is 0 Å². The Hall–Kier alpha value is -2.44. The number of aryl methyl sites for hydroxylation is 2. The fourth-order valence-electron chi connectivity index (χ4n) is 1.89. The summed E-state index contributed by atoms with van der Waals surface area (Å²) in [6.07, 6.45) is 0. The van der Waals surface area contributed by atoms with Crippen LogP contribution < -0.4 is 0 Å². The number of hydrogen-bond acceptors (Lipinski definition) is 0. The van der Waals surface area contributed by atoms with E-state index in [0.29, 0.717) is 0 Å². The van der Waals surface area contributed by atoms with E-state index < -0.39 is 0 Å². The van der Waals surface area contributed by atoms with Crippen molar-refractivity contribution in [1.29, 1.82) is 0 Å². The van der Waals surface area contributed by atoms with Gasteiger partial charge in [0.1, 0.15) is 0 Å². The highest BCUT2D eigenvalue weighted by Gasteiger charge is 1.95. The van der Waals surface area contributed by atoms with Crippen LogP contribution >= 0.6 is 0 Å². The van der Waals surface area contributed by atoms with Crippen LogP contribution in [0.15, 0.2) is 42.5 Å². The zero-order chi connectivity index (χ0) is 13.7. The fraction of sp³-hybridized carbons (Fsp3) is 0.158. The van der Waals surface area contributed by atoms with E-state index in [2.05, 4.69) is 55.7 Å². The number of benzene rings is 2. The molecule has 0 aliphatic heterocycles. The van der Waals surface area contributed by atoms with Gasteiger partial charge in [0, 0.05) is 16.7 Å². The highest BCUT2D eigenvalue weighted by Crippen LogP contribution is 2.10. The maximum atomic E-state index is 3.23. The Balaban J connectivity index is 2.31. The summed E-state index contributed by atoms with van der Waals surface area (Å²) in [5.74, 6) is 12.4. The first-order valence-electron chi connectivity index (χ1n) is 6.31. The number of rotatable bonds is 0. The van der Waals surface area contributed by atoms with Gasteiger partial charge in [-0.2, -0.15) is 0 Å². The minimum Gasteiger partial charge on any atom is -0.101 e. The van der Waals surface area contributed by atoms with Crippen molar-refractivity contribution in [3.63, 3.8) is 0 Å². The van der Waals surface area contributed by atoms with Gasteiger partial charge in [-0.15, -0.1) is 5.92 Å². The van der Waals surface area contributed by atoms with Crippen LogP contribution in [0.3, 0.4) is 0 Å². The summed E-state index contributed by atoms with van der Waals surface area (Å²) < 4.78 is 0. The summed E-state index contributed by atoms with van der Waals surface area (Å²) in [7, 11) is 0. The number of hydrogen-bond donors (Lipinski definition) is 0. The Morgan fingerprint density at radius 1 is 0.789 bits per heavy atom. The van der Waals surface area contributed by atoms with Gasteiger partial charge in [0.05, 0.1) is 0 Å². The smallest absolute Gasteiger partial charge is 0.0279 e. The van der Waals surface area contributed by atoms with E-state index in [1.54, 1.807) is 0 Å². The van der Waals surface area contributed by atoms with Gasteiger partial charge in [-0.05, 0) is 62.2 Å². The van der Waals surface area contributed by atoms with E-state index in [9.17, 15) is 0 Å². The van der Waals surface area contributed by atoms with Gasteiger partial charge in [-0.1, -0.05) is 29.9 Å². The lowest BCUT2D eigenvalue weighted by Gasteiger charge is -1.99. The molecule has 0 nitrogen and oxygen atoms in total. The maximum Gasteiger partial charge on any atom is 0.0279 e. The van der Waals surface area contributed by atoms with E-state index in [1.165, 1.54) is 11.1 Å². The third-order valence-corrected chi connectivity index (χ3v) is 2.86. The molecule has 0 radical (unpaired) electrons. The molecule has 0 amide bonds. The largest absolute Gasteiger partial charge is 0.101 e. The molecular formula is C19H16. The van der Waals surface area contributed by atoms with Crippen molar-refractivity contribution in [3.8, 4) is 23.7 Å². The topological polar surface area (TPSA) is 0 Å². The molecule has 92 valence electrons. The minimum absolute atomic E-state index is 1.04. The second-order valence-electron chi connectivity index (χ2n) is 4.52. The van der Waals surface area contributed by atoms with Gasteiger partial charge >= 0.3 is 0 Å². The molecule has 0 saturated carbocycles. The third-order valence-electron chi connectivity index (χ3n) is 2.86. The van der Waals surface area contributed by atoms with E-state index in [1.807, 2.05) is 31.2 Å². The van der Waals surface area contributed by atoms with E-state index in [-0.39, 0.29) is 0 Å². The molecule has 2 aromatic carbocycles. The third kappa shape index (κ3) is 3.51. The van der Waals surface area contributed by atoms with Crippen LogP contribution in [0.1, 0.15) is 34.7 Å². The van der Waals surface area contributed by atoms with Crippen LogP contribution in [0.2, 0.25) is 0 Å². The average molecular weight is 244 g/mol. The fourth-order valence-corrected chi connectivity index (χ4v) is 1.89. The first-order valence-corrected chi connectivity index (χ1v) is 6.31. The molecule has 0 heteroatoms. The average Bonchev–Trinajstić information content (AvgIpc) is 2.38. The van der Waals surface area contributed by atoms with Crippen LogP contribution in [0.4, 0.5) is 0 Å². The molecule has 2 rings (SSSR count). The molecule has 0 bridgehead atoms. The monoisotopic (exact) mass is 244 g/mol. The summed E-state index contributed by atoms with van der Waals surface area (Å²) in [6, 6.07) is 14.4. The normalized spacial score (nSPS) is 9.00. The van der Waals surface area contributed by atoms with Gasteiger partial charge in [0.2, 0.25) is 0 Å². The van der Waals surface area contributed by atoms with E-state index in [0.717, 1.165) is 16.7 Å². The summed E-state index contributed by atoms with van der Waals surface area (Å²) >= 11 is 0. The van der Waals surface area contributed by atoms with E-state index in [4.69, 9.17) is 0 Å². The highest BCUT2D eigenvalue weighted by molar-refractivity contribution is 5.50. The Kier molecular flexibility index (Phi) is 4.07. The molecule has 0 fully saturated rings. The van der Waals surface area contributed by atoms with Crippen LogP contribution in [0.5, 0.6) is 0 Å². The quantitative estimate of drug-likeness (QED) is 0.613. The Morgan fingerprint density at radius 2 is 1.58 bits per heavy atom. The van der Waals surface area contributed by atoms with Crippen molar-refractivity contribution < 1.29 is 0 Å². The van der Waals surface area contributed by atoms with Crippen molar-refractivity contribution in [2.75, 3.05) is 0 Å². The van der Waals surface area contributed by atoms with Crippen molar-refractivity contribution in [2.24, 2.45) is 0 Å². The Labute approximate surface area is 115 Å². The Bertz CT molecular complexity index is 713. The zero-order valence-corrected chi connectivity index (χ0v) is 11.5. The van der Waals surface area contributed by atoms with Crippen LogP contribution in [0.25, 0.3) is 0 Å². The molecule has 0 aromatic heterocycles. The van der Waals surface area contributed by atoms with Crippen molar-refractivity contribution >= 4 is 0 Å². The molecule has 0 N–H and O–H groups in total. The second-order valence-corrected chi connectivity index (χ2v) is 4.52. The molecule has 0 spiro atoms. The first kappa shape index (κ1) is 13.0. The van der Waals surface area contributed by atoms with Gasteiger partial charge in [0.15, 0.2) is 0 Å². The Morgan fingerprint density at radius 3 is 2.26 bits per heavy atom. The summed E-state index contributed by atoms with van der Waals surface area (Å²) in [6.45, 7) is 6.00. The maximum absolute atomic E-state index is 3.23. The lowest BCUT2D eigenvalue weighted by Crippen LogP contribution is -1.85. The molecule has 0 heterocycles. The summed E-state index contributed by atoms with van der Waals surface area (Å²) in [5, 5.41) is 0. The summed E-state index contributed by atoms with van der Waals surface area (Å²) in [4.78, 5) is 0.